The van der Waals surface area contributed by atoms with E-state index in [1.165, 1.54) is 5.06 Å². The number of benzene rings is 1. The van der Waals surface area contributed by atoms with E-state index < -0.39 is 17.4 Å². The number of fused-ring (bicyclic) bond motifs is 4. The Labute approximate surface area is 231 Å². The Kier molecular flexibility index (Phi) is 6.16. The number of imide groups is 1. The van der Waals surface area contributed by atoms with Crippen LogP contribution in [0.5, 0.6) is 0 Å². The number of carbonyl (C=O) groups is 3. The Morgan fingerprint density at radius 1 is 1.05 bits per heavy atom. The van der Waals surface area contributed by atoms with Gasteiger partial charge in [0.15, 0.2) is 0 Å². The number of hydroxylamine groups is 4. The monoisotopic (exact) mass is 540 g/mol. The maximum Gasteiger partial charge on any atom is 0.286 e. The van der Waals surface area contributed by atoms with Crippen molar-refractivity contribution in [3.8, 4) is 0 Å². The minimum atomic E-state index is -0.738. The van der Waals surface area contributed by atoms with Crippen LogP contribution in [0.1, 0.15) is 49.6 Å². The second-order valence-corrected chi connectivity index (χ2v) is 11.6. The van der Waals surface area contributed by atoms with Crippen LogP contribution in [0, 0.1) is 5.92 Å². The quantitative estimate of drug-likeness (QED) is 0.169. The van der Waals surface area contributed by atoms with Gasteiger partial charge in [-0.05, 0) is 69.7 Å². The molecule has 1 N–H and O–H groups in total. The number of carbonyl (C=O) groups excluding carboxylic acids is 3. The maximum absolute atomic E-state index is 13.6. The third-order valence-corrected chi connectivity index (χ3v) is 7.76. The number of aromatic nitrogens is 2. The predicted octanol–water partition coefficient (Wildman–Crippen LogP) is 4.39. The molecule has 40 heavy (non-hydrogen) atoms. The Balaban J connectivity index is 1.54. The van der Waals surface area contributed by atoms with E-state index in [9.17, 15) is 19.6 Å². The molecular formula is C31H32N4O5. The molecule has 0 bridgehead atoms. The number of nitrogens with zero attached hydrogens (tertiary/aromatic N) is 4. The van der Waals surface area contributed by atoms with Gasteiger partial charge in [0, 0.05) is 47.2 Å². The highest BCUT2D eigenvalue weighted by Gasteiger charge is 2.43. The molecule has 9 nitrogen and oxygen atoms in total. The Bertz CT molecular complexity index is 1720. The van der Waals surface area contributed by atoms with Gasteiger partial charge in [0.1, 0.15) is 0 Å². The number of pyridine rings is 1. The zero-order chi connectivity index (χ0) is 28.3. The molecule has 0 saturated carbocycles. The molecule has 1 atom stereocenters. The molecule has 0 saturated heterocycles. The summed E-state index contributed by atoms with van der Waals surface area (Å²) in [4.78, 5) is 44.8. The molecule has 6 rings (SSSR count). The topological polar surface area (TPSA) is 96.5 Å². The van der Waals surface area contributed by atoms with Gasteiger partial charge in [0.25, 0.3) is 11.8 Å². The number of hydrogen-bond acceptors (Lipinski definition) is 5. The first-order valence-electron chi connectivity index (χ1n) is 13.5. The van der Waals surface area contributed by atoms with Crippen LogP contribution in [-0.2, 0) is 39.1 Å². The van der Waals surface area contributed by atoms with Crippen LogP contribution in [0.4, 0.5) is 0 Å². The van der Waals surface area contributed by atoms with Gasteiger partial charge in [0.05, 0.1) is 28.8 Å². The first-order valence-corrected chi connectivity index (χ1v) is 13.5. The van der Waals surface area contributed by atoms with Crippen molar-refractivity contribution in [3.63, 3.8) is 0 Å². The number of para-hydroxylation sites is 1. The van der Waals surface area contributed by atoms with Crippen LogP contribution in [0.2, 0.25) is 0 Å². The summed E-state index contributed by atoms with van der Waals surface area (Å²) in [6.45, 7) is 6.09. The summed E-state index contributed by atoms with van der Waals surface area (Å²) in [5, 5.41) is 13.1. The van der Waals surface area contributed by atoms with Crippen molar-refractivity contribution < 1.29 is 24.4 Å². The second-order valence-electron chi connectivity index (χ2n) is 11.6. The van der Waals surface area contributed by atoms with E-state index in [1.54, 1.807) is 0 Å². The van der Waals surface area contributed by atoms with Crippen LogP contribution in [0.15, 0.2) is 54.9 Å². The third kappa shape index (κ3) is 4.13. The van der Waals surface area contributed by atoms with Crippen LogP contribution >= 0.6 is 0 Å². The molecule has 3 amide bonds. The SMILES string of the molecule is Cn1cc(C2=C(c3c4c(n5ccccc35)CCC(CN(C=O)OC(C)(C)C)C4)C(=O)N(O)C2=O)c2ccccc21. The summed E-state index contributed by atoms with van der Waals surface area (Å²) in [6, 6.07) is 13.5. The molecule has 1 aliphatic carbocycles. The lowest BCUT2D eigenvalue weighted by Gasteiger charge is -2.31. The number of aryl methyl sites for hydroxylation is 2. The van der Waals surface area contributed by atoms with Crippen LogP contribution in [0.3, 0.4) is 0 Å². The van der Waals surface area contributed by atoms with Gasteiger partial charge >= 0.3 is 0 Å². The van der Waals surface area contributed by atoms with E-state index in [0.717, 1.165) is 40.5 Å². The van der Waals surface area contributed by atoms with E-state index in [0.29, 0.717) is 30.5 Å². The Morgan fingerprint density at radius 2 is 1.75 bits per heavy atom. The summed E-state index contributed by atoms with van der Waals surface area (Å²) in [7, 11) is 1.89. The number of rotatable bonds is 6. The fourth-order valence-electron chi connectivity index (χ4n) is 6.23. The maximum atomic E-state index is 13.6. The van der Waals surface area contributed by atoms with E-state index in [4.69, 9.17) is 4.84 Å². The lowest BCUT2D eigenvalue weighted by Crippen LogP contribution is -2.37. The molecule has 0 radical (unpaired) electrons. The van der Waals surface area contributed by atoms with Crippen LogP contribution < -0.4 is 0 Å². The molecule has 206 valence electrons. The minimum Gasteiger partial charge on any atom is -0.350 e. The first kappa shape index (κ1) is 26.0. The van der Waals surface area contributed by atoms with Crippen LogP contribution in [-0.4, -0.2) is 54.7 Å². The lowest BCUT2D eigenvalue weighted by molar-refractivity contribution is -0.220. The highest BCUT2D eigenvalue weighted by atomic mass is 16.7. The fourth-order valence-corrected chi connectivity index (χ4v) is 6.23. The van der Waals surface area contributed by atoms with E-state index >= 15 is 0 Å². The molecule has 4 aromatic rings. The molecule has 2 aliphatic rings. The van der Waals surface area contributed by atoms with E-state index in [-0.39, 0.29) is 22.1 Å². The fraction of sp³-hybridized carbons (Fsp3) is 0.323. The van der Waals surface area contributed by atoms with Gasteiger partial charge in [0.2, 0.25) is 6.41 Å². The third-order valence-electron chi connectivity index (χ3n) is 7.76. The Hall–Kier alpha value is -4.21. The largest absolute Gasteiger partial charge is 0.350 e. The summed E-state index contributed by atoms with van der Waals surface area (Å²) in [6.07, 6.45) is 6.66. The van der Waals surface area contributed by atoms with Gasteiger partial charge in [-0.15, -0.1) is 5.06 Å². The van der Waals surface area contributed by atoms with Crippen molar-refractivity contribution in [1.29, 1.82) is 0 Å². The zero-order valence-electron chi connectivity index (χ0n) is 23.0. The molecule has 0 fully saturated rings. The molecule has 1 aliphatic heterocycles. The van der Waals surface area contributed by atoms with Gasteiger partial charge in [-0.2, -0.15) is 0 Å². The van der Waals surface area contributed by atoms with E-state index in [1.807, 2.05) is 87.2 Å². The zero-order valence-corrected chi connectivity index (χ0v) is 23.0. The summed E-state index contributed by atoms with van der Waals surface area (Å²) in [5.41, 5.74) is 4.87. The summed E-state index contributed by atoms with van der Waals surface area (Å²) >= 11 is 0. The van der Waals surface area contributed by atoms with Crippen molar-refractivity contribution in [1.82, 2.24) is 19.1 Å². The van der Waals surface area contributed by atoms with Gasteiger partial charge < -0.3 is 8.97 Å². The van der Waals surface area contributed by atoms with Crippen molar-refractivity contribution >= 4 is 45.8 Å². The van der Waals surface area contributed by atoms with Crippen LogP contribution in [0.25, 0.3) is 27.6 Å². The highest BCUT2D eigenvalue weighted by molar-refractivity contribution is 6.50. The molecular weight excluding hydrogens is 508 g/mol. The van der Waals surface area contributed by atoms with Gasteiger partial charge in [-0.25, -0.2) is 5.06 Å². The van der Waals surface area contributed by atoms with Crippen molar-refractivity contribution in [3.05, 3.63) is 77.2 Å². The van der Waals surface area contributed by atoms with Gasteiger partial charge in [-0.3, -0.25) is 24.4 Å². The molecule has 9 heteroatoms. The molecule has 0 spiro atoms. The molecule has 1 aromatic carbocycles. The normalized spacial score (nSPS) is 17.8. The average molecular weight is 541 g/mol. The molecule has 4 heterocycles. The van der Waals surface area contributed by atoms with E-state index in [2.05, 4.69) is 4.40 Å². The average Bonchev–Trinajstić information content (AvgIpc) is 3.50. The summed E-state index contributed by atoms with van der Waals surface area (Å²) < 4.78 is 4.00. The molecule has 3 aromatic heterocycles. The first-order chi connectivity index (χ1) is 19.1. The van der Waals surface area contributed by atoms with Crippen molar-refractivity contribution in [2.45, 2.75) is 45.6 Å². The lowest BCUT2D eigenvalue weighted by atomic mass is 9.83. The smallest absolute Gasteiger partial charge is 0.286 e. The van der Waals surface area contributed by atoms with Gasteiger partial charge in [-0.1, -0.05) is 24.3 Å². The number of hydrogen-bond donors (Lipinski definition) is 1. The summed E-state index contributed by atoms with van der Waals surface area (Å²) in [5.74, 6) is -1.39. The van der Waals surface area contributed by atoms with Crippen molar-refractivity contribution in [2.75, 3.05) is 6.54 Å². The molecule has 1 unspecified atom stereocenters. The second kappa shape index (κ2) is 9.46. The Morgan fingerprint density at radius 3 is 2.50 bits per heavy atom. The predicted molar refractivity (Wildman–Crippen MR) is 150 cm³/mol. The standard InChI is InChI=1S/C31H32N4O5/c1-31(2,3)40-33(18-36)16-19-12-13-24-21(15-19)26(25-11-7-8-14-34(24)25)28-27(29(37)35(39)30(28)38)22-17-32(4)23-10-6-5-9-20(22)23/h5-11,14,17-19,39H,12-13,15-16H2,1-4H3. The highest BCUT2D eigenvalue weighted by Crippen LogP contribution is 2.44. The minimum absolute atomic E-state index is 0.0789. The van der Waals surface area contributed by atoms with Crippen molar-refractivity contribution in [2.24, 2.45) is 13.0 Å². The number of amides is 3.